The maximum Gasteiger partial charge on any atom is 0.189 e. The van der Waals surface area contributed by atoms with E-state index in [0.29, 0.717) is 0 Å². The van der Waals surface area contributed by atoms with Gasteiger partial charge in [0.15, 0.2) is 5.65 Å². The molecule has 52 valence electrons. The highest BCUT2D eigenvalue weighted by molar-refractivity contribution is 7.16. The van der Waals surface area contributed by atoms with E-state index in [9.17, 15) is 0 Å². The summed E-state index contributed by atoms with van der Waals surface area (Å²) in [5.74, 6) is 1.02. The van der Waals surface area contributed by atoms with Crippen molar-refractivity contribution >= 4 is 21.8 Å². The highest BCUT2D eigenvalue weighted by atomic mass is 32.1. The number of rotatable bonds is 0. The molecule has 2 aromatic heterocycles. The van der Waals surface area contributed by atoms with Crippen molar-refractivity contribution < 1.29 is 0 Å². The molecule has 0 saturated carbocycles. The van der Waals surface area contributed by atoms with Crippen molar-refractivity contribution in [1.29, 1.82) is 0 Å². The van der Waals surface area contributed by atoms with Gasteiger partial charge < -0.3 is 4.57 Å². The van der Waals surface area contributed by atoms with Crippen LogP contribution >= 0.6 is 11.3 Å². The molecular weight excluding hydrogens is 146 g/mol. The first kappa shape index (κ1) is 5.85. The second-order valence-electron chi connectivity index (χ2n) is 2.20. The van der Waals surface area contributed by atoms with Gasteiger partial charge in [0.1, 0.15) is 10.7 Å². The summed E-state index contributed by atoms with van der Waals surface area (Å²) in [6.07, 6.45) is 0. The highest BCUT2D eigenvalue weighted by Crippen LogP contribution is 2.16. The zero-order valence-corrected chi connectivity index (χ0v) is 6.64. The fourth-order valence-electron chi connectivity index (χ4n) is 0.915. The van der Waals surface area contributed by atoms with Crippen LogP contribution in [-0.4, -0.2) is 14.5 Å². The van der Waals surface area contributed by atoms with Crippen LogP contribution in [0.4, 0.5) is 0 Å². The average molecular weight is 153 g/mol. The van der Waals surface area contributed by atoms with Gasteiger partial charge in [0, 0.05) is 7.05 Å². The number of hydrogen-bond acceptors (Lipinski definition) is 3. The van der Waals surface area contributed by atoms with E-state index in [1.807, 2.05) is 24.0 Å². The summed E-state index contributed by atoms with van der Waals surface area (Å²) >= 11 is 1.62. The van der Waals surface area contributed by atoms with E-state index in [2.05, 4.69) is 9.97 Å². The number of nitrogens with zero attached hydrogens (tertiary/aromatic N) is 3. The van der Waals surface area contributed by atoms with Gasteiger partial charge in [0.25, 0.3) is 0 Å². The van der Waals surface area contributed by atoms with Gasteiger partial charge >= 0.3 is 0 Å². The molecule has 0 aromatic carbocycles. The first-order valence-corrected chi connectivity index (χ1v) is 3.89. The maximum absolute atomic E-state index is 4.23. The van der Waals surface area contributed by atoms with E-state index < -0.39 is 0 Å². The molecule has 0 radical (unpaired) electrons. The average Bonchev–Trinajstić information content (AvgIpc) is 2.41. The van der Waals surface area contributed by atoms with Gasteiger partial charge in [0.05, 0.1) is 5.51 Å². The Morgan fingerprint density at radius 2 is 2.40 bits per heavy atom. The molecule has 2 aromatic rings. The summed E-state index contributed by atoms with van der Waals surface area (Å²) in [5, 5.41) is 0. The van der Waals surface area contributed by atoms with E-state index in [1.165, 1.54) is 0 Å². The molecule has 3 nitrogen and oxygen atoms in total. The molecule has 0 amide bonds. The van der Waals surface area contributed by atoms with Gasteiger partial charge in [-0.05, 0) is 6.92 Å². The quantitative estimate of drug-likeness (QED) is 0.571. The summed E-state index contributed by atoms with van der Waals surface area (Å²) in [6.45, 7) is 1.98. The Bertz CT molecular complexity index is 360. The molecule has 0 bridgehead atoms. The monoisotopic (exact) mass is 153 g/mol. The largest absolute Gasteiger partial charge is 0.322 e. The second-order valence-corrected chi connectivity index (χ2v) is 3.03. The topological polar surface area (TPSA) is 30.7 Å². The van der Waals surface area contributed by atoms with Crippen LogP contribution in [0.15, 0.2) is 5.51 Å². The molecule has 0 atom stereocenters. The minimum Gasteiger partial charge on any atom is -0.322 e. The first-order chi connectivity index (χ1) is 4.79. The third-order valence-corrected chi connectivity index (χ3v) is 2.48. The first-order valence-electron chi connectivity index (χ1n) is 3.01. The molecule has 0 fully saturated rings. The van der Waals surface area contributed by atoms with Crippen LogP contribution < -0.4 is 0 Å². The Hall–Kier alpha value is -0.900. The molecule has 0 N–H and O–H groups in total. The standard InChI is InChI=1S/C6H7N3S/c1-4-8-5-6(9(4)2)10-3-7-5/h3H,1-2H3. The molecule has 2 rings (SSSR count). The Morgan fingerprint density at radius 1 is 1.60 bits per heavy atom. The van der Waals surface area contributed by atoms with E-state index in [0.717, 1.165) is 16.3 Å². The van der Waals surface area contributed by atoms with Crippen molar-refractivity contribution in [3.8, 4) is 0 Å². The number of aromatic nitrogens is 3. The van der Waals surface area contributed by atoms with E-state index in [1.54, 1.807) is 11.3 Å². The molecule has 0 saturated heterocycles. The molecule has 10 heavy (non-hydrogen) atoms. The highest BCUT2D eigenvalue weighted by Gasteiger charge is 2.04. The molecule has 0 spiro atoms. The van der Waals surface area contributed by atoms with Crippen LogP contribution in [-0.2, 0) is 7.05 Å². The van der Waals surface area contributed by atoms with E-state index in [-0.39, 0.29) is 0 Å². The summed E-state index contributed by atoms with van der Waals surface area (Å²) in [5.41, 5.74) is 2.68. The van der Waals surface area contributed by atoms with Crippen LogP contribution in [0.5, 0.6) is 0 Å². The summed E-state index contributed by atoms with van der Waals surface area (Å²) in [6, 6.07) is 0. The smallest absolute Gasteiger partial charge is 0.189 e. The van der Waals surface area contributed by atoms with Gasteiger partial charge in [-0.15, -0.1) is 11.3 Å². The summed E-state index contributed by atoms with van der Waals surface area (Å²) < 4.78 is 2.05. The zero-order chi connectivity index (χ0) is 7.14. The minimum atomic E-state index is 0.866. The van der Waals surface area contributed by atoms with Gasteiger partial charge in [-0.3, -0.25) is 0 Å². The molecule has 0 unspecified atom stereocenters. The minimum absolute atomic E-state index is 0.866. The number of hydrogen-bond donors (Lipinski definition) is 0. The molecule has 2 heterocycles. The number of imidazole rings is 1. The van der Waals surface area contributed by atoms with Crippen molar-refractivity contribution in [1.82, 2.24) is 14.5 Å². The van der Waals surface area contributed by atoms with Crippen LogP contribution in [0, 0.1) is 6.92 Å². The van der Waals surface area contributed by atoms with Crippen molar-refractivity contribution in [2.75, 3.05) is 0 Å². The van der Waals surface area contributed by atoms with Crippen molar-refractivity contribution in [2.45, 2.75) is 6.92 Å². The maximum atomic E-state index is 4.23. The Balaban J connectivity index is 2.95. The third-order valence-electron chi connectivity index (χ3n) is 1.59. The Kier molecular flexibility index (Phi) is 1.05. The molecule has 0 aliphatic carbocycles. The molecular formula is C6H7N3S. The molecule has 4 heteroatoms. The van der Waals surface area contributed by atoms with Crippen LogP contribution in [0.3, 0.4) is 0 Å². The van der Waals surface area contributed by atoms with E-state index >= 15 is 0 Å². The van der Waals surface area contributed by atoms with E-state index in [4.69, 9.17) is 0 Å². The van der Waals surface area contributed by atoms with Crippen LogP contribution in [0.2, 0.25) is 0 Å². The lowest BCUT2D eigenvalue weighted by atomic mass is 10.7. The van der Waals surface area contributed by atoms with Gasteiger partial charge in [-0.1, -0.05) is 0 Å². The fourth-order valence-corrected chi connectivity index (χ4v) is 1.66. The van der Waals surface area contributed by atoms with Crippen LogP contribution in [0.1, 0.15) is 5.82 Å². The lowest BCUT2D eigenvalue weighted by molar-refractivity contribution is 0.890. The van der Waals surface area contributed by atoms with Crippen LogP contribution in [0.25, 0.3) is 10.5 Å². The fraction of sp³-hybridized carbons (Fsp3) is 0.333. The second kappa shape index (κ2) is 1.79. The normalized spacial score (nSPS) is 11.0. The zero-order valence-electron chi connectivity index (χ0n) is 5.83. The number of thiazole rings is 1. The molecule has 0 aliphatic rings. The lowest BCUT2D eigenvalue weighted by Gasteiger charge is -1.90. The Labute approximate surface area is 62.3 Å². The van der Waals surface area contributed by atoms with Crippen molar-refractivity contribution in [3.05, 3.63) is 11.3 Å². The summed E-state index contributed by atoms with van der Waals surface area (Å²) in [4.78, 5) is 9.47. The number of fused-ring (bicyclic) bond motifs is 1. The van der Waals surface area contributed by atoms with Gasteiger partial charge in [-0.2, -0.15) is 0 Å². The SMILES string of the molecule is Cc1nc2ncsc2n1C. The van der Waals surface area contributed by atoms with Gasteiger partial charge in [0.2, 0.25) is 0 Å². The number of aryl methyl sites for hydroxylation is 2. The Morgan fingerprint density at radius 3 is 3.10 bits per heavy atom. The predicted molar refractivity (Wildman–Crippen MR) is 41.1 cm³/mol. The lowest BCUT2D eigenvalue weighted by Crippen LogP contribution is -1.88. The third kappa shape index (κ3) is 0.593. The predicted octanol–water partition coefficient (Wildman–Crippen LogP) is 1.34. The van der Waals surface area contributed by atoms with Gasteiger partial charge in [-0.25, -0.2) is 9.97 Å². The molecule has 0 aliphatic heterocycles. The summed E-state index contributed by atoms with van der Waals surface area (Å²) in [7, 11) is 2.00. The van der Waals surface area contributed by atoms with Crippen molar-refractivity contribution in [3.63, 3.8) is 0 Å². The van der Waals surface area contributed by atoms with Crippen molar-refractivity contribution in [2.24, 2.45) is 7.05 Å².